The number of benzene rings is 1. The summed E-state index contributed by atoms with van der Waals surface area (Å²) >= 11 is 0. The first-order chi connectivity index (χ1) is 8.62. The van der Waals surface area contributed by atoms with Crippen molar-refractivity contribution in [1.82, 2.24) is 19.9 Å². The van der Waals surface area contributed by atoms with Crippen LogP contribution >= 0.6 is 0 Å². The van der Waals surface area contributed by atoms with E-state index in [4.69, 9.17) is 4.74 Å². The van der Waals surface area contributed by atoms with Gasteiger partial charge in [0.15, 0.2) is 0 Å². The minimum atomic E-state index is -3.59. The highest BCUT2D eigenvalue weighted by molar-refractivity contribution is 7.89. The molecule has 0 fully saturated rings. The van der Waals surface area contributed by atoms with Crippen LogP contribution in [-0.4, -0.2) is 30.7 Å². The number of hydrogen-bond donors (Lipinski definition) is 2. The summed E-state index contributed by atoms with van der Waals surface area (Å²) in [6, 6.07) is 6.23. The molecule has 0 aliphatic carbocycles. The number of hydrogen-bond acceptors (Lipinski definition) is 5. The lowest BCUT2D eigenvalue weighted by Gasteiger charge is -2.06. The zero-order chi connectivity index (χ0) is 13.0. The molecular formula is C10H12N4O3S. The highest BCUT2D eigenvalue weighted by Gasteiger charge is 2.14. The third kappa shape index (κ3) is 2.84. The summed E-state index contributed by atoms with van der Waals surface area (Å²) in [6.07, 6.45) is 1.31. The van der Waals surface area contributed by atoms with Crippen molar-refractivity contribution >= 4 is 10.0 Å². The summed E-state index contributed by atoms with van der Waals surface area (Å²) in [5.74, 6) is 0.930. The van der Waals surface area contributed by atoms with Crippen LogP contribution in [0.15, 0.2) is 35.5 Å². The van der Waals surface area contributed by atoms with Gasteiger partial charge in [-0.1, -0.05) is 6.07 Å². The van der Waals surface area contributed by atoms with Gasteiger partial charge in [0, 0.05) is 6.07 Å². The number of aromatic nitrogens is 3. The SMILES string of the molecule is COc1cccc(S(=O)(=O)NCc2ncn[nH]2)c1. The number of nitrogens with zero attached hydrogens (tertiary/aromatic N) is 2. The van der Waals surface area contributed by atoms with Crippen LogP contribution in [0, 0.1) is 0 Å². The van der Waals surface area contributed by atoms with E-state index in [9.17, 15) is 8.42 Å². The quantitative estimate of drug-likeness (QED) is 0.812. The van der Waals surface area contributed by atoms with E-state index in [1.807, 2.05) is 0 Å². The first kappa shape index (κ1) is 12.5. The number of ether oxygens (including phenoxy) is 1. The molecule has 1 aromatic heterocycles. The van der Waals surface area contributed by atoms with Gasteiger partial charge in [-0.3, -0.25) is 5.10 Å². The van der Waals surface area contributed by atoms with Crippen LogP contribution in [0.1, 0.15) is 5.82 Å². The molecule has 1 aromatic carbocycles. The van der Waals surface area contributed by atoms with Gasteiger partial charge < -0.3 is 4.74 Å². The van der Waals surface area contributed by atoms with E-state index < -0.39 is 10.0 Å². The van der Waals surface area contributed by atoms with Crippen LogP contribution in [0.5, 0.6) is 5.75 Å². The van der Waals surface area contributed by atoms with Crippen molar-refractivity contribution < 1.29 is 13.2 Å². The largest absolute Gasteiger partial charge is 0.497 e. The molecule has 18 heavy (non-hydrogen) atoms. The minimum absolute atomic E-state index is 0.0551. The van der Waals surface area contributed by atoms with Gasteiger partial charge in [0.05, 0.1) is 18.6 Å². The minimum Gasteiger partial charge on any atom is -0.497 e. The Morgan fingerprint density at radius 2 is 2.28 bits per heavy atom. The molecule has 2 rings (SSSR count). The smallest absolute Gasteiger partial charge is 0.241 e. The van der Waals surface area contributed by atoms with Gasteiger partial charge in [0.1, 0.15) is 17.9 Å². The molecule has 7 nitrogen and oxygen atoms in total. The average Bonchev–Trinajstić information content (AvgIpc) is 2.90. The molecule has 0 saturated heterocycles. The molecule has 0 amide bonds. The Balaban J connectivity index is 2.14. The Kier molecular flexibility index (Phi) is 3.58. The number of aromatic amines is 1. The second-order valence-electron chi connectivity index (χ2n) is 3.44. The van der Waals surface area contributed by atoms with Crippen LogP contribution in [0.2, 0.25) is 0 Å². The lowest BCUT2D eigenvalue weighted by molar-refractivity contribution is 0.413. The molecule has 0 unspecified atom stereocenters. The molecule has 2 N–H and O–H groups in total. The number of nitrogens with one attached hydrogen (secondary N) is 2. The molecule has 2 aromatic rings. The summed E-state index contributed by atoms with van der Waals surface area (Å²) < 4.78 is 31.3. The van der Waals surface area contributed by atoms with Gasteiger partial charge in [-0.2, -0.15) is 5.10 Å². The summed E-state index contributed by atoms with van der Waals surface area (Å²) in [5, 5.41) is 6.20. The van der Waals surface area contributed by atoms with Crippen LogP contribution < -0.4 is 9.46 Å². The normalized spacial score (nSPS) is 11.4. The van der Waals surface area contributed by atoms with Gasteiger partial charge in [-0.25, -0.2) is 18.1 Å². The Labute approximate surface area is 104 Å². The van der Waals surface area contributed by atoms with Crippen molar-refractivity contribution in [3.8, 4) is 5.75 Å². The van der Waals surface area contributed by atoms with Gasteiger partial charge in [0.25, 0.3) is 0 Å². The van der Waals surface area contributed by atoms with Gasteiger partial charge in [-0.05, 0) is 12.1 Å². The first-order valence-corrected chi connectivity index (χ1v) is 6.58. The van der Waals surface area contributed by atoms with Crippen LogP contribution in [0.3, 0.4) is 0 Å². The molecule has 1 heterocycles. The summed E-state index contributed by atoms with van der Waals surface area (Å²) in [7, 11) is -2.11. The van der Waals surface area contributed by atoms with Crippen molar-refractivity contribution in [2.75, 3.05) is 7.11 Å². The summed E-state index contributed by atoms with van der Waals surface area (Å²) in [5.41, 5.74) is 0. The van der Waals surface area contributed by atoms with E-state index in [0.717, 1.165) is 0 Å². The number of methoxy groups -OCH3 is 1. The van der Waals surface area contributed by atoms with E-state index in [1.165, 1.54) is 25.6 Å². The second-order valence-corrected chi connectivity index (χ2v) is 5.20. The highest BCUT2D eigenvalue weighted by atomic mass is 32.2. The average molecular weight is 268 g/mol. The van der Waals surface area contributed by atoms with Gasteiger partial charge in [0.2, 0.25) is 10.0 Å². The molecule has 0 radical (unpaired) electrons. The van der Waals surface area contributed by atoms with E-state index in [-0.39, 0.29) is 11.4 Å². The molecule has 0 atom stereocenters. The first-order valence-electron chi connectivity index (χ1n) is 5.10. The van der Waals surface area contributed by atoms with E-state index in [1.54, 1.807) is 12.1 Å². The number of rotatable bonds is 5. The third-order valence-electron chi connectivity index (χ3n) is 2.25. The molecule has 0 bridgehead atoms. The Bertz CT molecular complexity index is 610. The van der Waals surface area contributed by atoms with E-state index in [0.29, 0.717) is 11.6 Å². The van der Waals surface area contributed by atoms with Crippen LogP contribution in [-0.2, 0) is 16.6 Å². The summed E-state index contributed by atoms with van der Waals surface area (Å²) in [4.78, 5) is 3.97. The fourth-order valence-corrected chi connectivity index (χ4v) is 2.35. The fourth-order valence-electron chi connectivity index (χ4n) is 1.33. The molecule has 0 aliphatic heterocycles. The standard InChI is InChI=1S/C10H12N4O3S/c1-17-8-3-2-4-9(5-8)18(15,16)13-6-10-11-7-12-14-10/h2-5,7,13H,6H2,1H3,(H,11,12,14). The molecule has 8 heteroatoms. The molecule has 0 aliphatic rings. The van der Waals surface area contributed by atoms with Crippen molar-refractivity contribution in [3.05, 3.63) is 36.4 Å². The van der Waals surface area contributed by atoms with Crippen molar-refractivity contribution in [2.24, 2.45) is 0 Å². The lowest BCUT2D eigenvalue weighted by atomic mass is 10.3. The van der Waals surface area contributed by atoms with E-state index in [2.05, 4.69) is 19.9 Å². The maximum Gasteiger partial charge on any atom is 0.241 e. The monoisotopic (exact) mass is 268 g/mol. The molecule has 96 valence electrons. The van der Waals surface area contributed by atoms with Crippen LogP contribution in [0.25, 0.3) is 0 Å². The Morgan fingerprint density at radius 3 is 2.94 bits per heavy atom. The molecule has 0 spiro atoms. The third-order valence-corrected chi connectivity index (χ3v) is 3.64. The predicted octanol–water partition coefficient (Wildman–Crippen LogP) is 0.292. The zero-order valence-electron chi connectivity index (χ0n) is 9.62. The Hall–Kier alpha value is -1.93. The maximum atomic E-state index is 12.0. The molecular weight excluding hydrogens is 256 g/mol. The van der Waals surface area contributed by atoms with Crippen molar-refractivity contribution in [3.63, 3.8) is 0 Å². The molecule has 0 saturated carbocycles. The number of H-pyrrole nitrogens is 1. The topological polar surface area (TPSA) is 97.0 Å². The van der Waals surface area contributed by atoms with Gasteiger partial charge in [-0.15, -0.1) is 0 Å². The maximum absolute atomic E-state index is 12.0. The fraction of sp³-hybridized carbons (Fsp3) is 0.200. The zero-order valence-corrected chi connectivity index (χ0v) is 10.4. The Morgan fingerprint density at radius 1 is 1.44 bits per heavy atom. The highest BCUT2D eigenvalue weighted by Crippen LogP contribution is 2.16. The van der Waals surface area contributed by atoms with Crippen molar-refractivity contribution in [2.45, 2.75) is 11.4 Å². The van der Waals surface area contributed by atoms with Gasteiger partial charge >= 0.3 is 0 Å². The van der Waals surface area contributed by atoms with Crippen molar-refractivity contribution in [1.29, 1.82) is 0 Å². The van der Waals surface area contributed by atoms with E-state index >= 15 is 0 Å². The lowest BCUT2D eigenvalue weighted by Crippen LogP contribution is -2.23. The predicted molar refractivity (Wildman–Crippen MR) is 63.4 cm³/mol. The second kappa shape index (κ2) is 5.15. The number of sulfonamides is 1. The van der Waals surface area contributed by atoms with Crippen LogP contribution in [0.4, 0.5) is 0 Å². The summed E-state index contributed by atoms with van der Waals surface area (Å²) in [6.45, 7) is 0.0551.